The summed E-state index contributed by atoms with van der Waals surface area (Å²) in [4.78, 5) is 9.81. The number of hydrogen-bond acceptors (Lipinski definition) is 2. The molecule has 0 aromatic heterocycles. The average molecular weight is 166 g/mol. The number of rotatable bonds is 4. The van der Waals surface area contributed by atoms with Crippen LogP contribution in [-0.2, 0) is 15.3 Å². The molecule has 0 aliphatic heterocycles. The van der Waals surface area contributed by atoms with E-state index < -0.39 is 9.76 Å². The van der Waals surface area contributed by atoms with E-state index in [9.17, 15) is 4.79 Å². The zero-order valence-electron chi connectivity index (χ0n) is 6.19. The van der Waals surface area contributed by atoms with Gasteiger partial charge in [-0.05, 0) is 11.6 Å². The van der Waals surface area contributed by atoms with E-state index in [0.29, 0.717) is 6.47 Å². The van der Waals surface area contributed by atoms with Gasteiger partial charge in [-0.3, -0.25) is 4.79 Å². The first-order valence-corrected chi connectivity index (χ1v) is 5.10. The maximum Gasteiger partial charge on any atom is 0.279 e. The normalized spacial score (nSPS) is 10.2. The molecule has 0 aliphatic carbocycles. The van der Waals surface area contributed by atoms with Crippen LogP contribution in [0.4, 0.5) is 0 Å². The van der Waals surface area contributed by atoms with Crippen LogP contribution in [0.25, 0.3) is 0 Å². The van der Waals surface area contributed by atoms with E-state index in [2.05, 4.69) is 0 Å². The third-order valence-corrected chi connectivity index (χ3v) is 2.57. The third kappa shape index (κ3) is 3.00. The second-order valence-corrected chi connectivity index (χ2v) is 3.44. The van der Waals surface area contributed by atoms with Crippen molar-refractivity contribution in [2.24, 2.45) is 0 Å². The van der Waals surface area contributed by atoms with Gasteiger partial charge in [0, 0.05) is 0 Å². The molecule has 0 unspecified atom stereocenters. The van der Waals surface area contributed by atoms with Crippen molar-refractivity contribution in [1.29, 1.82) is 0 Å². The highest BCUT2D eigenvalue weighted by molar-refractivity contribution is 6.28. The van der Waals surface area contributed by atoms with Crippen LogP contribution in [0.15, 0.2) is 30.3 Å². The van der Waals surface area contributed by atoms with E-state index in [-0.39, 0.29) is 0 Å². The summed E-state index contributed by atoms with van der Waals surface area (Å²) in [7, 11) is -0.655. The smallest absolute Gasteiger partial charge is 0.279 e. The predicted octanol–water partition coefficient (Wildman–Crippen LogP) is 0.443. The van der Waals surface area contributed by atoms with Crippen molar-refractivity contribution < 1.29 is 9.22 Å². The van der Waals surface area contributed by atoms with Crippen molar-refractivity contribution in [2.75, 3.05) is 0 Å². The molecule has 0 saturated carbocycles. The Kier molecular flexibility index (Phi) is 3.41. The number of carbonyl (C=O) groups is 1. The minimum Gasteiger partial charge on any atom is -0.527 e. The Morgan fingerprint density at radius 3 is 2.73 bits per heavy atom. The summed E-state index contributed by atoms with van der Waals surface area (Å²) in [6.45, 7) is 0.537. The van der Waals surface area contributed by atoms with Gasteiger partial charge in [0.05, 0.1) is 0 Å². The fourth-order valence-electron chi connectivity index (χ4n) is 0.870. The lowest BCUT2D eigenvalue weighted by Crippen LogP contribution is -2.00. The monoisotopic (exact) mass is 166 g/mol. The lowest BCUT2D eigenvalue weighted by atomic mass is 10.2. The lowest BCUT2D eigenvalue weighted by molar-refractivity contribution is -0.120. The van der Waals surface area contributed by atoms with Gasteiger partial charge in [0.15, 0.2) is 0 Å². The molecular weight excluding hydrogens is 156 g/mol. The zero-order valence-corrected chi connectivity index (χ0v) is 7.61. The standard InChI is InChI=1S/C8H10O2Si/c9-7-10-11-6-8-4-2-1-3-5-8/h1-5,7H,6,11H2. The van der Waals surface area contributed by atoms with Gasteiger partial charge in [-0.1, -0.05) is 30.3 Å². The van der Waals surface area contributed by atoms with Crippen molar-refractivity contribution in [3.8, 4) is 0 Å². The fourth-order valence-corrected chi connectivity index (χ4v) is 1.65. The van der Waals surface area contributed by atoms with Gasteiger partial charge in [-0.15, -0.1) is 0 Å². The van der Waals surface area contributed by atoms with E-state index in [0.717, 1.165) is 6.04 Å². The quantitative estimate of drug-likeness (QED) is 0.368. The molecule has 3 heteroatoms. The van der Waals surface area contributed by atoms with Crippen LogP contribution in [-0.4, -0.2) is 16.2 Å². The summed E-state index contributed by atoms with van der Waals surface area (Å²) in [6.07, 6.45) is 0. The van der Waals surface area contributed by atoms with E-state index in [1.807, 2.05) is 30.3 Å². The SMILES string of the molecule is O=CO[SiH2]Cc1ccccc1. The topological polar surface area (TPSA) is 26.3 Å². The molecule has 1 aromatic carbocycles. The summed E-state index contributed by atoms with van der Waals surface area (Å²) >= 11 is 0. The Morgan fingerprint density at radius 1 is 1.36 bits per heavy atom. The second-order valence-electron chi connectivity index (χ2n) is 2.20. The number of benzene rings is 1. The fraction of sp³-hybridized carbons (Fsp3) is 0.125. The molecular formula is C8H10O2Si. The molecule has 0 spiro atoms. The highest BCUT2D eigenvalue weighted by atomic mass is 28.2. The van der Waals surface area contributed by atoms with E-state index in [4.69, 9.17) is 4.43 Å². The number of carbonyl (C=O) groups excluding carboxylic acids is 1. The van der Waals surface area contributed by atoms with Crippen LogP contribution in [0.1, 0.15) is 5.56 Å². The Morgan fingerprint density at radius 2 is 2.09 bits per heavy atom. The Bertz CT molecular complexity index is 211. The minimum atomic E-state index is -0.655. The molecule has 0 saturated heterocycles. The lowest BCUT2D eigenvalue weighted by Gasteiger charge is -1.97. The van der Waals surface area contributed by atoms with Gasteiger partial charge in [0.25, 0.3) is 6.47 Å². The molecule has 0 aliphatic rings. The van der Waals surface area contributed by atoms with Crippen molar-refractivity contribution in [2.45, 2.75) is 6.04 Å². The van der Waals surface area contributed by atoms with Crippen molar-refractivity contribution in [1.82, 2.24) is 0 Å². The molecule has 0 atom stereocenters. The molecule has 0 fully saturated rings. The highest BCUT2D eigenvalue weighted by Gasteiger charge is 1.90. The molecule has 0 bridgehead atoms. The van der Waals surface area contributed by atoms with Crippen molar-refractivity contribution in [3.63, 3.8) is 0 Å². The van der Waals surface area contributed by atoms with Crippen LogP contribution in [0, 0.1) is 0 Å². The third-order valence-electron chi connectivity index (χ3n) is 1.42. The van der Waals surface area contributed by atoms with Gasteiger partial charge in [-0.2, -0.15) is 0 Å². The Balaban J connectivity index is 2.33. The maximum atomic E-state index is 9.81. The molecule has 0 N–H and O–H groups in total. The van der Waals surface area contributed by atoms with Gasteiger partial charge in [-0.25, -0.2) is 0 Å². The molecule has 0 amide bonds. The Hall–Kier alpha value is -1.09. The van der Waals surface area contributed by atoms with Gasteiger partial charge >= 0.3 is 0 Å². The summed E-state index contributed by atoms with van der Waals surface area (Å²) in [5.41, 5.74) is 1.25. The van der Waals surface area contributed by atoms with E-state index >= 15 is 0 Å². The molecule has 2 nitrogen and oxygen atoms in total. The summed E-state index contributed by atoms with van der Waals surface area (Å²) < 4.78 is 4.70. The first-order valence-electron chi connectivity index (χ1n) is 3.52. The van der Waals surface area contributed by atoms with Crippen LogP contribution in [0.3, 0.4) is 0 Å². The van der Waals surface area contributed by atoms with Crippen LogP contribution in [0.2, 0.25) is 0 Å². The molecule has 0 heterocycles. The van der Waals surface area contributed by atoms with Gasteiger partial charge in [0.2, 0.25) is 9.76 Å². The summed E-state index contributed by atoms with van der Waals surface area (Å²) in [5.74, 6) is 0. The van der Waals surface area contributed by atoms with E-state index in [1.165, 1.54) is 5.56 Å². The largest absolute Gasteiger partial charge is 0.527 e. The summed E-state index contributed by atoms with van der Waals surface area (Å²) in [6, 6.07) is 11.0. The van der Waals surface area contributed by atoms with Crippen molar-refractivity contribution >= 4 is 16.2 Å². The molecule has 11 heavy (non-hydrogen) atoms. The molecule has 1 rings (SSSR count). The first-order chi connectivity index (χ1) is 5.43. The first kappa shape index (κ1) is 8.01. The van der Waals surface area contributed by atoms with Gasteiger partial charge in [0.1, 0.15) is 0 Å². The Labute approximate surface area is 68.1 Å². The minimum absolute atomic E-state index is 0.537. The zero-order chi connectivity index (χ0) is 7.94. The average Bonchev–Trinajstić information content (AvgIpc) is 2.07. The van der Waals surface area contributed by atoms with E-state index in [1.54, 1.807) is 0 Å². The highest BCUT2D eigenvalue weighted by Crippen LogP contribution is 1.97. The predicted molar refractivity (Wildman–Crippen MR) is 45.8 cm³/mol. The van der Waals surface area contributed by atoms with Gasteiger partial charge < -0.3 is 4.43 Å². The van der Waals surface area contributed by atoms with Crippen LogP contribution < -0.4 is 0 Å². The second kappa shape index (κ2) is 4.68. The van der Waals surface area contributed by atoms with Crippen molar-refractivity contribution in [3.05, 3.63) is 35.9 Å². The van der Waals surface area contributed by atoms with Crippen LogP contribution in [0.5, 0.6) is 0 Å². The maximum absolute atomic E-state index is 9.81. The van der Waals surface area contributed by atoms with Crippen LogP contribution >= 0.6 is 0 Å². The molecule has 58 valence electrons. The number of hydrogen-bond donors (Lipinski definition) is 0. The summed E-state index contributed by atoms with van der Waals surface area (Å²) in [5, 5.41) is 0. The molecule has 0 radical (unpaired) electrons. The molecule has 1 aromatic rings.